The Morgan fingerprint density at radius 1 is 1.59 bits per heavy atom. The summed E-state index contributed by atoms with van der Waals surface area (Å²) in [5.74, 6) is 0. The normalized spacial score (nSPS) is 14.1. The fraction of sp³-hybridized carbons (Fsp3) is 0.417. The molecular formula is C12H18N2OS2. The summed E-state index contributed by atoms with van der Waals surface area (Å²) in [6, 6.07) is 5.82. The van der Waals surface area contributed by atoms with Crippen molar-refractivity contribution in [2.45, 2.75) is 19.1 Å². The molecule has 0 saturated carbocycles. The van der Waals surface area contributed by atoms with Crippen molar-refractivity contribution in [1.82, 2.24) is 0 Å². The van der Waals surface area contributed by atoms with Crippen molar-refractivity contribution in [1.29, 1.82) is 0 Å². The lowest BCUT2D eigenvalue weighted by Crippen LogP contribution is -2.23. The SMILES string of the molecule is Cc1cccc(C(N)=S)c1NCC(C)S(C)=O. The molecule has 5 heteroatoms. The van der Waals surface area contributed by atoms with Gasteiger partial charge in [-0.3, -0.25) is 4.21 Å². The molecule has 0 amide bonds. The fourth-order valence-electron chi connectivity index (χ4n) is 1.47. The van der Waals surface area contributed by atoms with Gasteiger partial charge in [0.1, 0.15) is 4.99 Å². The monoisotopic (exact) mass is 270 g/mol. The second kappa shape index (κ2) is 6.12. The molecule has 1 rings (SSSR count). The third-order valence-electron chi connectivity index (χ3n) is 2.67. The first-order chi connectivity index (χ1) is 7.93. The molecule has 0 aromatic heterocycles. The zero-order chi connectivity index (χ0) is 13.0. The van der Waals surface area contributed by atoms with Gasteiger partial charge in [0.2, 0.25) is 0 Å². The van der Waals surface area contributed by atoms with Gasteiger partial charge in [-0.05, 0) is 25.5 Å². The molecule has 17 heavy (non-hydrogen) atoms. The van der Waals surface area contributed by atoms with Gasteiger partial charge < -0.3 is 11.1 Å². The molecule has 3 nitrogen and oxygen atoms in total. The molecule has 1 aromatic carbocycles. The van der Waals surface area contributed by atoms with Crippen molar-refractivity contribution in [3.63, 3.8) is 0 Å². The van der Waals surface area contributed by atoms with E-state index in [1.807, 2.05) is 32.0 Å². The second-order valence-corrected chi connectivity index (χ2v) is 6.29. The molecule has 0 spiro atoms. The van der Waals surface area contributed by atoms with Crippen LogP contribution in [0.2, 0.25) is 0 Å². The van der Waals surface area contributed by atoms with Crippen LogP contribution in [0.25, 0.3) is 0 Å². The summed E-state index contributed by atoms with van der Waals surface area (Å²) in [6.45, 7) is 4.59. The number of hydrogen-bond donors (Lipinski definition) is 2. The summed E-state index contributed by atoms with van der Waals surface area (Å²) < 4.78 is 11.3. The van der Waals surface area contributed by atoms with Crippen LogP contribution in [0, 0.1) is 6.92 Å². The number of para-hydroxylation sites is 1. The van der Waals surface area contributed by atoms with Crippen LogP contribution in [0.4, 0.5) is 5.69 Å². The summed E-state index contributed by atoms with van der Waals surface area (Å²) in [4.78, 5) is 0.376. The van der Waals surface area contributed by atoms with Crippen LogP contribution in [0.5, 0.6) is 0 Å². The van der Waals surface area contributed by atoms with Crippen molar-refractivity contribution in [2.75, 3.05) is 18.1 Å². The van der Waals surface area contributed by atoms with Gasteiger partial charge in [-0.15, -0.1) is 0 Å². The second-order valence-electron chi connectivity index (χ2n) is 4.05. The molecule has 0 fully saturated rings. The van der Waals surface area contributed by atoms with Crippen LogP contribution >= 0.6 is 12.2 Å². The summed E-state index contributed by atoms with van der Waals surface area (Å²) >= 11 is 5.02. The Labute approximate surface area is 110 Å². The Bertz CT molecular complexity index is 446. The molecule has 0 aliphatic rings. The number of anilines is 1. The number of hydrogen-bond acceptors (Lipinski definition) is 3. The van der Waals surface area contributed by atoms with E-state index < -0.39 is 10.8 Å². The van der Waals surface area contributed by atoms with Crippen molar-refractivity contribution < 1.29 is 4.21 Å². The van der Waals surface area contributed by atoms with E-state index in [-0.39, 0.29) is 5.25 Å². The van der Waals surface area contributed by atoms with E-state index in [0.717, 1.165) is 16.8 Å². The van der Waals surface area contributed by atoms with Gasteiger partial charge in [0.25, 0.3) is 0 Å². The van der Waals surface area contributed by atoms with E-state index in [9.17, 15) is 4.21 Å². The van der Waals surface area contributed by atoms with Crippen molar-refractivity contribution in [3.05, 3.63) is 29.3 Å². The lowest BCUT2D eigenvalue weighted by Gasteiger charge is -2.16. The van der Waals surface area contributed by atoms with E-state index in [1.54, 1.807) is 6.26 Å². The van der Waals surface area contributed by atoms with Crippen molar-refractivity contribution in [3.8, 4) is 0 Å². The maximum absolute atomic E-state index is 11.3. The number of thiocarbonyl (C=S) groups is 1. The van der Waals surface area contributed by atoms with Crippen molar-refractivity contribution in [2.24, 2.45) is 5.73 Å². The molecule has 94 valence electrons. The highest BCUT2D eigenvalue weighted by molar-refractivity contribution is 7.84. The highest BCUT2D eigenvalue weighted by Gasteiger charge is 2.10. The number of aryl methyl sites for hydroxylation is 1. The number of nitrogens with two attached hydrogens (primary N) is 1. The maximum Gasteiger partial charge on any atom is 0.106 e. The number of nitrogens with one attached hydrogen (secondary N) is 1. The van der Waals surface area contributed by atoms with Crippen molar-refractivity contribution >= 4 is 33.7 Å². The van der Waals surface area contributed by atoms with Crippen LogP contribution in [-0.2, 0) is 10.8 Å². The van der Waals surface area contributed by atoms with Crippen LogP contribution in [-0.4, -0.2) is 27.2 Å². The van der Waals surface area contributed by atoms with Gasteiger partial charge in [-0.1, -0.05) is 24.4 Å². The van der Waals surface area contributed by atoms with Crippen LogP contribution in [0.3, 0.4) is 0 Å². The Morgan fingerprint density at radius 3 is 2.76 bits per heavy atom. The quantitative estimate of drug-likeness (QED) is 0.801. The molecule has 0 radical (unpaired) electrons. The van der Waals surface area contributed by atoms with Gasteiger partial charge in [-0.25, -0.2) is 0 Å². The topological polar surface area (TPSA) is 55.1 Å². The van der Waals surface area contributed by atoms with E-state index in [1.165, 1.54) is 0 Å². The average Bonchev–Trinajstić information content (AvgIpc) is 2.26. The molecule has 0 aliphatic carbocycles. The molecule has 1 aromatic rings. The fourth-order valence-corrected chi connectivity index (χ4v) is 1.96. The predicted octanol–water partition coefficient (Wildman–Crippen LogP) is 1.81. The molecular weight excluding hydrogens is 252 g/mol. The molecule has 2 unspecified atom stereocenters. The molecule has 0 saturated heterocycles. The first kappa shape index (κ1) is 14.1. The summed E-state index contributed by atoms with van der Waals surface area (Å²) in [5.41, 5.74) is 8.55. The molecule has 3 N–H and O–H groups in total. The first-order valence-corrected chi connectivity index (χ1v) is 7.42. The minimum absolute atomic E-state index is 0.0915. The summed E-state index contributed by atoms with van der Waals surface area (Å²) in [7, 11) is -0.834. The molecule has 0 heterocycles. The van der Waals surface area contributed by atoms with E-state index in [0.29, 0.717) is 11.5 Å². The van der Waals surface area contributed by atoms with Crippen LogP contribution in [0.1, 0.15) is 18.1 Å². The predicted molar refractivity (Wildman–Crippen MR) is 79.1 cm³/mol. The average molecular weight is 270 g/mol. The van der Waals surface area contributed by atoms with Crippen LogP contribution in [0.15, 0.2) is 18.2 Å². The van der Waals surface area contributed by atoms with Crippen LogP contribution < -0.4 is 11.1 Å². The molecule has 2 atom stereocenters. The largest absolute Gasteiger partial charge is 0.389 e. The maximum atomic E-state index is 11.3. The molecule has 0 bridgehead atoms. The summed E-state index contributed by atoms with van der Waals surface area (Å²) in [5, 5.41) is 3.37. The zero-order valence-electron chi connectivity index (χ0n) is 10.3. The Morgan fingerprint density at radius 2 is 2.24 bits per heavy atom. The zero-order valence-corrected chi connectivity index (χ0v) is 12.0. The number of rotatable bonds is 5. The highest BCUT2D eigenvalue weighted by Crippen LogP contribution is 2.20. The Balaban J connectivity index is 2.90. The lowest BCUT2D eigenvalue weighted by atomic mass is 10.1. The van der Waals surface area contributed by atoms with E-state index >= 15 is 0 Å². The standard InChI is InChI=1S/C12H18N2OS2/c1-8-5-4-6-10(12(13)16)11(8)14-7-9(2)17(3)15/h4-6,9,14H,7H2,1-3H3,(H2,13,16). The summed E-state index contributed by atoms with van der Waals surface area (Å²) in [6.07, 6.45) is 1.71. The van der Waals surface area contributed by atoms with Gasteiger partial charge in [0, 0.05) is 40.1 Å². The first-order valence-electron chi connectivity index (χ1n) is 5.39. The lowest BCUT2D eigenvalue weighted by molar-refractivity contribution is 0.679. The van der Waals surface area contributed by atoms with Gasteiger partial charge in [0.05, 0.1) is 0 Å². The third kappa shape index (κ3) is 3.78. The van der Waals surface area contributed by atoms with E-state index in [2.05, 4.69) is 5.32 Å². The Kier molecular flexibility index (Phi) is 5.08. The molecule has 0 aliphatic heterocycles. The Hall–Kier alpha value is -0.940. The van der Waals surface area contributed by atoms with Gasteiger partial charge >= 0.3 is 0 Å². The van der Waals surface area contributed by atoms with Gasteiger partial charge in [-0.2, -0.15) is 0 Å². The smallest absolute Gasteiger partial charge is 0.106 e. The van der Waals surface area contributed by atoms with E-state index in [4.69, 9.17) is 18.0 Å². The van der Waals surface area contributed by atoms with Gasteiger partial charge in [0.15, 0.2) is 0 Å². The minimum atomic E-state index is -0.834. The number of benzene rings is 1. The minimum Gasteiger partial charge on any atom is -0.389 e. The highest BCUT2D eigenvalue weighted by atomic mass is 32.2. The third-order valence-corrected chi connectivity index (χ3v) is 4.19.